The third-order valence-electron chi connectivity index (χ3n) is 5.72. The van der Waals surface area contributed by atoms with E-state index in [1.807, 2.05) is 25.3 Å². The highest BCUT2D eigenvalue weighted by Gasteiger charge is 2.43. The SMILES string of the molecule is Cc1nnc(-c2ccc3cnc(CC(=O)N4CC5CC4CN5C)cc3c2)s1. The number of pyridine rings is 1. The molecule has 7 heteroatoms. The number of likely N-dealkylation sites (N-methyl/N-ethyl adjacent to an activating group) is 1. The summed E-state index contributed by atoms with van der Waals surface area (Å²) in [6.07, 6.45) is 3.33. The van der Waals surface area contributed by atoms with Crippen LogP contribution in [0.15, 0.2) is 30.5 Å². The van der Waals surface area contributed by atoms with Crippen LogP contribution in [0, 0.1) is 6.92 Å². The Morgan fingerprint density at radius 1 is 1.19 bits per heavy atom. The summed E-state index contributed by atoms with van der Waals surface area (Å²) in [5, 5.41) is 12.4. The number of hydrogen-bond donors (Lipinski definition) is 0. The van der Waals surface area contributed by atoms with E-state index in [0.717, 1.165) is 51.6 Å². The minimum atomic E-state index is 0.193. The van der Waals surface area contributed by atoms with E-state index in [1.54, 1.807) is 11.3 Å². The zero-order chi connectivity index (χ0) is 18.5. The number of likely N-dealkylation sites (tertiary alicyclic amines) is 2. The first-order chi connectivity index (χ1) is 13.1. The van der Waals surface area contributed by atoms with Crippen molar-refractivity contribution in [2.75, 3.05) is 20.1 Å². The predicted molar refractivity (Wildman–Crippen MR) is 106 cm³/mol. The summed E-state index contributed by atoms with van der Waals surface area (Å²) in [5.41, 5.74) is 1.88. The fourth-order valence-corrected chi connectivity index (χ4v) is 4.95. The lowest BCUT2D eigenvalue weighted by molar-refractivity contribution is -0.132. The van der Waals surface area contributed by atoms with Gasteiger partial charge in [0.1, 0.15) is 10.0 Å². The lowest BCUT2D eigenvalue weighted by atomic mass is 10.1. The summed E-state index contributed by atoms with van der Waals surface area (Å²) < 4.78 is 0. The molecule has 2 aromatic heterocycles. The van der Waals surface area contributed by atoms with Crippen molar-refractivity contribution in [1.82, 2.24) is 25.0 Å². The Bertz CT molecular complexity index is 1030. The average molecular weight is 379 g/mol. The molecule has 2 aliphatic rings. The molecule has 6 nitrogen and oxygen atoms in total. The first-order valence-corrected chi connectivity index (χ1v) is 10.1. The van der Waals surface area contributed by atoms with Crippen LogP contribution in [0.4, 0.5) is 0 Å². The third-order valence-corrected chi connectivity index (χ3v) is 6.61. The third kappa shape index (κ3) is 3.00. The molecular weight excluding hydrogens is 358 g/mol. The highest BCUT2D eigenvalue weighted by atomic mass is 32.1. The van der Waals surface area contributed by atoms with Crippen LogP contribution in [0.25, 0.3) is 21.3 Å². The van der Waals surface area contributed by atoms with E-state index in [0.29, 0.717) is 18.5 Å². The molecule has 2 atom stereocenters. The fourth-order valence-electron chi connectivity index (χ4n) is 4.26. The van der Waals surface area contributed by atoms with E-state index >= 15 is 0 Å². The number of carbonyl (C=O) groups is 1. The van der Waals surface area contributed by atoms with E-state index in [2.05, 4.69) is 44.2 Å². The van der Waals surface area contributed by atoms with Crippen LogP contribution in [-0.4, -0.2) is 63.1 Å². The molecule has 2 fully saturated rings. The van der Waals surface area contributed by atoms with Gasteiger partial charge in [0, 0.05) is 42.3 Å². The number of aryl methyl sites for hydroxylation is 1. The number of rotatable bonds is 3. The molecule has 138 valence electrons. The Hall–Kier alpha value is -2.38. The van der Waals surface area contributed by atoms with Gasteiger partial charge in [0.25, 0.3) is 0 Å². The molecule has 0 radical (unpaired) electrons. The largest absolute Gasteiger partial charge is 0.336 e. The van der Waals surface area contributed by atoms with Crippen molar-refractivity contribution in [3.63, 3.8) is 0 Å². The molecule has 0 N–H and O–H groups in total. The number of aromatic nitrogens is 3. The van der Waals surface area contributed by atoms with E-state index in [1.165, 1.54) is 0 Å². The summed E-state index contributed by atoms with van der Waals surface area (Å²) in [7, 11) is 2.15. The smallest absolute Gasteiger partial charge is 0.228 e. The summed E-state index contributed by atoms with van der Waals surface area (Å²) in [4.78, 5) is 21.7. The van der Waals surface area contributed by atoms with Crippen molar-refractivity contribution < 1.29 is 4.79 Å². The number of fused-ring (bicyclic) bond motifs is 3. The van der Waals surface area contributed by atoms with Gasteiger partial charge in [-0.3, -0.25) is 14.7 Å². The lowest BCUT2D eigenvalue weighted by Crippen LogP contribution is -2.47. The molecule has 2 bridgehead atoms. The summed E-state index contributed by atoms with van der Waals surface area (Å²) in [6, 6.07) is 9.14. The van der Waals surface area contributed by atoms with Crippen molar-refractivity contribution in [2.24, 2.45) is 0 Å². The summed E-state index contributed by atoms with van der Waals surface area (Å²) >= 11 is 1.59. The zero-order valence-corrected chi connectivity index (χ0v) is 16.2. The van der Waals surface area contributed by atoms with Crippen molar-refractivity contribution in [1.29, 1.82) is 0 Å². The quantitative estimate of drug-likeness (QED) is 0.700. The highest BCUT2D eigenvalue weighted by molar-refractivity contribution is 7.14. The van der Waals surface area contributed by atoms with Crippen LogP contribution in [0.3, 0.4) is 0 Å². The molecule has 2 saturated heterocycles. The van der Waals surface area contributed by atoms with Crippen molar-refractivity contribution in [3.05, 3.63) is 41.2 Å². The minimum absolute atomic E-state index is 0.193. The Kier molecular flexibility index (Phi) is 3.94. The minimum Gasteiger partial charge on any atom is -0.336 e. The van der Waals surface area contributed by atoms with Crippen LogP contribution >= 0.6 is 11.3 Å². The summed E-state index contributed by atoms with van der Waals surface area (Å²) in [5.74, 6) is 0.193. The number of carbonyl (C=O) groups excluding carboxylic acids is 1. The monoisotopic (exact) mass is 379 g/mol. The molecule has 0 saturated carbocycles. The Balaban J connectivity index is 1.38. The maximum Gasteiger partial charge on any atom is 0.228 e. The topological polar surface area (TPSA) is 62.2 Å². The van der Waals surface area contributed by atoms with Crippen molar-refractivity contribution >= 4 is 28.0 Å². The van der Waals surface area contributed by atoms with Gasteiger partial charge in [-0.1, -0.05) is 23.5 Å². The Morgan fingerprint density at radius 3 is 2.78 bits per heavy atom. The van der Waals surface area contributed by atoms with E-state index in [9.17, 15) is 4.79 Å². The highest BCUT2D eigenvalue weighted by Crippen LogP contribution is 2.30. The second-order valence-electron chi connectivity index (χ2n) is 7.57. The number of nitrogens with zero attached hydrogens (tertiary/aromatic N) is 5. The maximum atomic E-state index is 12.8. The molecule has 1 amide bonds. The molecule has 2 unspecified atom stereocenters. The number of amides is 1. The second-order valence-corrected chi connectivity index (χ2v) is 8.75. The van der Waals surface area contributed by atoms with Gasteiger partial charge in [0.05, 0.1) is 12.1 Å². The maximum absolute atomic E-state index is 12.8. The van der Waals surface area contributed by atoms with Crippen molar-refractivity contribution in [2.45, 2.75) is 31.8 Å². The van der Waals surface area contributed by atoms with Gasteiger partial charge in [0.15, 0.2) is 0 Å². The lowest BCUT2D eigenvalue weighted by Gasteiger charge is -2.32. The Labute approximate surface area is 161 Å². The predicted octanol–water partition coefficient (Wildman–Crippen LogP) is 2.52. The van der Waals surface area contributed by atoms with Gasteiger partial charge in [-0.2, -0.15) is 0 Å². The van der Waals surface area contributed by atoms with Crippen LogP contribution in [0.5, 0.6) is 0 Å². The van der Waals surface area contributed by atoms with Gasteiger partial charge >= 0.3 is 0 Å². The van der Waals surface area contributed by atoms with Crippen LogP contribution in [-0.2, 0) is 11.2 Å². The molecule has 27 heavy (non-hydrogen) atoms. The van der Waals surface area contributed by atoms with Gasteiger partial charge in [-0.05, 0) is 37.9 Å². The number of benzene rings is 1. The van der Waals surface area contributed by atoms with Gasteiger partial charge < -0.3 is 4.90 Å². The molecular formula is C20H21N5OS. The molecule has 0 aliphatic carbocycles. The molecule has 0 spiro atoms. The molecule has 1 aromatic carbocycles. The van der Waals surface area contributed by atoms with E-state index < -0.39 is 0 Å². The van der Waals surface area contributed by atoms with Gasteiger partial charge in [-0.15, -0.1) is 10.2 Å². The zero-order valence-electron chi connectivity index (χ0n) is 15.4. The second kappa shape index (κ2) is 6.35. The molecule has 5 rings (SSSR count). The summed E-state index contributed by atoms with van der Waals surface area (Å²) in [6.45, 7) is 3.80. The van der Waals surface area contributed by atoms with Crippen LogP contribution < -0.4 is 0 Å². The number of piperazine rings is 1. The van der Waals surface area contributed by atoms with Gasteiger partial charge in [-0.25, -0.2) is 0 Å². The van der Waals surface area contributed by atoms with Crippen LogP contribution in [0.2, 0.25) is 0 Å². The first-order valence-electron chi connectivity index (χ1n) is 9.26. The molecule has 4 heterocycles. The molecule has 2 aliphatic heterocycles. The standard InChI is InChI=1S/C20H21N5OS/c1-12-22-23-20(27-12)13-3-4-14-9-21-16(6-15(14)5-13)7-19(26)25-11-17-8-18(25)10-24(17)2/h3-6,9,17-18H,7-8,10-11H2,1-2H3. The average Bonchev–Trinajstić information content (AvgIpc) is 3.36. The normalized spacial score (nSPS) is 22.1. The number of hydrogen-bond acceptors (Lipinski definition) is 6. The fraction of sp³-hybridized carbons (Fsp3) is 0.400. The van der Waals surface area contributed by atoms with Crippen molar-refractivity contribution in [3.8, 4) is 10.6 Å². The van der Waals surface area contributed by atoms with Crippen LogP contribution in [0.1, 0.15) is 17.1 Å². The van der Waals surface area contributed by atoms with E-state index in [4.69, 9.17) is 0 Å². The molecule has 3 aromatic rings. The van der Waals surface area contributed by atoms with Gasteiger partial charge in [0.2, 0.25) is 5.91 Å². The Morgan fingerprint density at radius 2 is 2.07 bits per heavy atom. The first kappa shape index (κ1) is 16.8. The van der Waals surface area contributed by atoms with E-state index in [-0.39, 0.29) is 5.91 Å².